The molecule has 0 atom stereocenters. The lowest BCUT2D eigenvalue weighted by atomic mass is 10.2. The zero-order valence-electron chi connectivity index (χ0n) is 6.40. The summed E-state index contributed by atoms with van der Waals surface area (Å²) in [6.07, 6.45) is 5.15. The number of aliphatic hydroxyl groups is 1. The van der Waals surface area contributed by atoms with Gasteiger partial charge in [0, 0.05) is 11.6 Å². The number of benzene rings is 1. The molecule has 1 N–H and O–H groups in total. The second kappa shape index (κ2) is 2.74. The van der Waals surface area contributed by atoms with Gasteiger partial charge in [0.25, 0.3) is 5.95 Å². The standard InChI is InChI=1S/C10H8O2/c11-10-7-3-5-8-4-1-2-6-9(8)12-10/h1-7,11H. The Morgan fingerprint density at radius 1 is 1.17 bits per heavy atom. The van der Waals surface area contributed by atoms with E-state index in [0.717, 1.165) is 5.56 Å². The molecule has 0 aliphatic carbocycles. The van der Waals surface area contributed by atoms with Crippen molar-refractivity contribution in [3.63, 3.8) is 0 Å². The minimum Gasteiger partial charge on any atom is -0.481 e. The van der Waals surface area contributed by atoms with Gasteiger partial charge in [0.05, 0.1) is 0 Å². The number of ether oxygens (including phenoxy) is 1. The molecule has 12 heavy (non-hydrogen) atoms. The summed E-state index contributed by atoms with van der Waals surface area (Å²) in [5.41, 5.74) is 0.970. The van der Waals surface area contributed by atoms with E-state index in [2.05, 4.69) is 0 Å². The predicted octanol–water partition coefficient (Wildman–Crippen LogP) is 2.49. The van der Waals surface area contributed by atoms with E-state index in [4.69, 9.17) is 9.84 Å². The highest BCUT2D eigenvalue weighted by atomic mass is 16.6. The van der Waals surface area contributed by atoms with Crippen LogP contribution in [0.25, 0.3) is 6.08 Å². The molecule has 0 aromatic heterocycles. The van der Waals surface area contributed by atoms with Gasteiger partial charge in [0.2, 0.25) is 0 Å². The van der Waals surface area contributed by atoms with E-state index in [0.29, 0.717) is 5.75 Å². The first-order valence-corrected chi connectivity index (χ1v) is 3.70. The van der Waals surface area contributed by atoms with Gasteiger partial charge in [-0.1, -0.05) is 30.4 Å². The van der Waals surface area contributed by atoms with Crippen LogP contribution in [0.4, 0.5) is 0 Å². The van der Waals surface area contributed by atoms with Crippen LogP contribution in [-0.4, -0.2) is 5.11 Å². The molecule has 2 rings (SSSR count). The third-order valence-electron chi connectivity index (χ3n) is 1.65. The lowest BCUT2D eigenvalue weighted by Gasteiger charge is -2.04. The predicted molar refractivity (Wildman–Crippen MR) is 46.8 cm³/mol. The van der Waals surface area contributed by atoms with Crippen LogP contribution in [0.15, 0.2) is 42.4 Å². The summed E-state index contributed by atoms with van der Waals surface area (Å²) < 4.78 is 5.11. The van der Waals surface area contributed by atoms with E-state index in [-0.39, 0.29) is 5.95 Å². The van der Waals surface area contributed by atoms with Crippen molar-refractivity contribution in [3.05, 3.63) is 47.9 Å². The molecule has 0 fully saturated rings. The van der Waals surface area contributed by atoms with Crippen molar-refractivity contribution in [1.82, 2.24) is 0 Å². The summed E-state index contributed by atoms with van der Waals surface area (Å²) >= 11 is 0. The number of hydrogen-bond donors (Lipinski definition) is 1. The highest BCUT2D eigenvalue weighted by molar-refractivity contribution is 5.59. The molecular formula is C10H8O2. The van der Waals surface area contributed by atoms with E-state index in [1.54, 1.807) is 6.08 Å². The molecule has 2 nitrogen and oxygen atoms in total. The van der Waals surface area contributed by atoms with Gasteiger partial charge in [0.1, 0.15) is 5.75 Å². The van der Waals surface area contributed by atoms with Crippen LogP contribution in [0, 0.1) is 0 Å². The van der Waals surface area contributed by atoms with Crippen LogP contribution in [-0.2, 0) is 0 Å². The third-order valence-corrected chi connectivity index (χ3v) is 1.65. The molecule has 0 spiro atoms. The molecule has 0 amide bonds. The quantitative estimate of drug-likeness (QED) is 0.631. The maximum absolute atomic E-state index is 9.12. The van der Waals surface area contributed by atoms with Gasteiger partial charge in [-0.25, -0.2) is 0 Å². The minimum atomic E-state index is -0.0730. The van der Waals surface area contributed by atoms with Crippen molar-refractivity contribution >= 4 is 6.08 Å². The molecule has 1 aliphatic heterocycles. The summed E-state index contributed by atoms with van der Waals surface area (Å²) in [6, 6.07) is 7.54. The molecule has 0 saturated heterocycles. The molecular weight excluding hydrogens is 152 g/mol. The van der Waals surface area contributed by atoms with E-state index in [1.165, 1.54) is 6.08 Å². The molecule has 0 bridgehead atoms. The first-order valence-electron chi connectivity index (χ1n) is 3.70. The fourth-order valence-electron chi connectivity index (χ4n) is 1.09. The maximum Gasteiger partial charge on any atom is 0.282 e. The smallest absolute Gasteiger partial charge is 0.282 e. The number of allylic oxidation sites excluding steroid dienone is 2. The van der Waals surface area contributed by atoms with Gasteiger partial charge >= 0.3 is 0 Å². The fraction of sp³-hybridized carbons (Fsp3) is 0. The second-order valence-electron chi connectivity index (χ2n) is 2.50. The molecule has 1 aliphatic rings. The van der Waals surface area contributed by atoms with E-state index in [1.807, 2.05) is 30.3 Å². The van der Waals surface area contributed by atoms with Crippen molar-refractivity contribution in [2.45, 2.75) is 0 Å². The van der Waals surface area contributed by atoms with Crippen molar-refractivity contribution in [1.29, 1.82) is 0 Å². The normalized spacial score (nSPS) is 14.2. The van der Waals surface area contributed by atoms with Crippen LogP contribution in [0.3, 0.4) is 0 Å². The fourth-order valence-corrected chi connectivity index (χ4v) is 1.09. The molecule has 60 valence electrons. The van der Waals surface area contributed by atoms with Gasteiger partial charge in [-0.15, -0.1) is 0 Å². The molecule has 1 heterocycles. The Balaban J connectivity index is 2.49. The Morgan fingerprint density at radius 2 is 2.00 bits per heavy atom. The van der Waals surface area contributed by atoms with Gasteiger partial charge in [-0.2, -0.15) is 0 Å². The summed E-state index contributed by atoms with van der Waals surface area (Å²) in [7, 11) is 0. The second-order valence-corrected chi connectivity index (χ2v) is 2.50. The zero-order chi connectivity index (χ0) is 8.39. The monoisotopic (exact) mass is 160 g/mol. The van der Waals surface area contributed by atoms with Crippen LogP contribution in [0.2, 0.25) is 0 Å². The number of hydrogen-bond acceptors (Lipinski definition) is 2. The Hall–Kier alpha value is -1.70. The molecule has 0 radical (unpaired) electrons. The molecule has 0 saturated carbocycles. The Labute approximate surface area is 70.4 Å². The summed E-state index contributed by atoms with van der Waals surface area (Å²) in [6.45, 7) is 0. The van der Waals surface area contributed by atoms with Crippen LogP contribution in [0.5, 0.6) is 5.75 Å². The lowest BCUT2D eigenvalue weighted by molar-refractivity contribution is 0.209. The van der Waals surface area contributed by atoms with E-state index >= 15 is 0 Å². The summed E-state index contributed by atoms with van der Waals surface area (Å²) in [5.74, 6) is 0.608. The molecule has 1 aromatic carbocycles. The molecule has 1 aromatic rings. The zero-order valence-corrected chi connectivity index (χ0v) is 6.40. The van der Waals surface area contributed by atoms with Crippen LogP contribution >= 0.6 is 0 Å². The van der Waals surface area contributed by atoms with Gasteiger partial charge in [-0.3, -0.25) is 0 Å². The third kappa shape index (κ3) is 1.19. The lowest BCUT2D eigenvalue weighted by Crippen LogP contribution is -1.92. The Kier molecular flexibility index (Phi) is 1.59. The first-order chi connectivity index (χ1) is 5.86. The van der Waals surface area contributed by atoms with Crippen LogP contribution < -0.4 is 4.74 Å². The number of aliphatic hydroxyl groups excluding tert-OH is 1. The summed E-state index contributed by atoms with van der Waals surface area (Å²) in [4.78, 5) is 0. The highest BCUT2D eigenvalue weighted by Crippen LogP contribution is 2.23. The Morgan fingerprint density at radius 3 is 2.92 bits per heavy atom. The average molecular weight is 160 g/mol. The topological polar surface area (TPSA) is 29.5 Å². The number of fused-ring (bicyclic) bond motifs is 1. The van der Waals surface area contributed by atoms with Crippen LogP contribution in [0.1, 0.15) is 5.56 Å². The number of para-hydroxylation sites is 1. The molecule has 0 unspecified atom stereocenters. The SMILES string of the molecule is OC1=CC=Cc2ccccc2O1. The van der Waals surface area contributed by atoms with Crippen molar-refractivity contribution < 1.29 is 9.84 Å². The maximum atomic E-state index is 9.12. The van der Waals surface area contributed by atoms with Crippen molar-refractivity contribution in [2.75, 3.05) is 0 Å². The Bertz CT molecular complexity index is 351. The van der Waals surface area contributed by atoms with Crippen molar-refractivity contribution in [3.8, 4) is 5.75 Å². The molecule has 2 heteroatoms. The van der Waals surface area contributed by atoms with Crippen molar-refractivity contribution in [2.24, 2.45) is 0 Å². The van der Waals surface area contributed by atoms with E-state index in [9.17, 15) is 0 Å². The first kappa shape index (κ1) is 6.98. The van der Waals surface area contributed by atoms with E-state index < -0.39 is 0 Å². The minimum absolute atomic E-state index is 0.0730. The number of rotatable bonds is 0. The van der Waals surface area contributed by atoms with Gasteiger partial charge in [-0.05, 0) is 6.07 Å². The van der Waals surface area contributed by atoms with Gasteiger partial charge < -0.3 is 9.84 Å². The highest BCUT2D eigenvalue weighted by Gasteiger charge is 2.04. The summed E-state index contributed by atoms with van der Waals surface area (Å²) in [5, 5.41) is 9.12. The largest absolute Gasteiger partial charge is 0.481 e. The average Bonchev–Trinajstić information content (AvgIpc) is 2.25. The van der Waals surface area contributed by atoms with Gasteiger partial charge in [0.15, 0.2) is 0 Å².